The molecule has 0 saturated heterocycles. The van der Waals surface area contributed by atoms with E-state index in [2.05, 4.69) is 11.9 Å². The van der Waals surface area contributed by atoms with E-state index in [1.54, 1.807) is 12.1 Å². The van der Waals surface area contributed by atoms with E-state index in [1.807, 2.05) is 43.1 Å². The number of nitrogens with two attached hydrogens (primary N) is 2. The lowest BCUT2D eigenvalue weighted by atomic mass is 10.1. The maximum Gasteiger partial charge on any atom is 0.248 e. The van der Waals surface area contributed by atoms with Crippen LogP contribution in [0.3, 0.4) is 0 Å². The minimum atomic E-state index is -0.452. The van der Waals surface area contributed by atoms with E-state index in [0.717, 1.165) is 16.9 Å². The van der Waals surface area contributed by atoms with Gasteiger partial charge in [-0.1, -0.05) is 12.1 Å². The van der Waals surface area contributed by atoms with E-state index >= 15 is 0 Å². The van der Waals surface area contributed by atoms with Crippen molar-refractivity contribution in [2.45, 2.75) is 19.9 Å². The van der Waals surface area contributed by atoms with Gasteiger partial charge in [-0.25, -0.2) is 4.98 Å². The van der Waals surface area contributed by atoms with E-state index in [9.17, 15) is 4.79 Å². The summed E-state index contributed by atoms with van der Waals surface area (Å²) in [5.41, 5.74) is 14.2. The molecule has 110 valence electrons. The number of anilines is 2. The lowest BCUT2D eigenvalue weighted by molar-refractivity contribution is 0.1000. The van der Waals surface area contributed by atoms with Gasteiger partial charge >= 0.3 is 0 Å². The van der Waals surface area contributed by atoms with Crippen molar-refractivity contribution < 1.29 is 4.79 Å². The van der Waals surface area contributed by atoms with Crippen LogP contribution in [0.4, 0.5) is 11.5 Å². The lowest BCUT2D eigenvalue weighted by Crippen LogP contribution is -2.24. The van der Waals surface area contributed by atoms with E-state index in [-0.39, 0.29) is 6.04 Å². The van der Waals surface area contributed by atoms with Crippen LogP contribution in [0.1, 0.15) is 34.6 Å². The zero-order valence-electron chi connectivity index (χ0n) is 12.5. The fourth-order valence-corrected chi connectivity index (χ4v) is 2.21. The Balaban J connectivity index is 2.35. The molecule has 5 nitrogen and oxygen atoms in total. The molecule has 1 atom stereocenters. The number of carbonyl (C=O) groups excluding carboxylic acids is 1. The van der Waals surface area contributed by atoms with Gasteiger partial charge < -0.3 is 16.4 Å². The van der Waals surface area contributed by atoms with Crippen LogP contribution >= 0.6 is 0 Å². The zero-order chi connectivity index (χ0) is 15.6. The number of nitrogen functional groups attached to an aromatic ring is 1. The fraction of sp³-hybridized carbons (Fsp3) is 0.250. The van der Waals surface area contributed by atoms with E-state index in [4.69, 9.17) is 11.5 Å². The van der Waals surface area contributed by atoms with Crippen molar-refractivity contribution >= 4 is 17.4 Å². The molecule has 2 rings (SSSR count). The van der Waals surface area contributed by atoms with Crippen molar-refractivity contribution in [3.63, 3.8) is 0 Å². The van der Waals surface area contributed by atoms with E-state index in [1.165, 1.54) is 0 Å². The predicted molar refractivity (Wildman–Crippen MR) is 85.2 cm³/mol. The molecule has 1 heterocycles. The molecular weight excluding hydrogens is 264 g/mol. The van der Waals surface area contributed by atoms with Crippen LogP contribution in [0.15, 0.2) is 36.4 Å². The number of hydrogen-bond acceptors (Lipinski definition) is 4. The van der Waals surface area contributed by atoms with Gasteiger partial charge in [0.1, 0.15) is 5.82 Å². The molecule has 5 heteroatoms. The molecule has 0 saturated carbocycles. The Morgan fingerprint density at radius 2 is 2.00 bits per heavy atom. The van der Waals surface area contributed by atoms with Gasteiger partial charge in [0.25, 0.3) is 0 Å². The molecule has 0 radical (unpaired) electrons. The second kappa shape index (κ2) is 5.83. The summed E-state index contributed by atoms with van der Waals surface area (Å²) in [6.45, 7) is 3.90. The maximum absolute atomic E-state index is 11.4. The highest BCUT2D eigenvalue weighted by molar-refractivity contribution is 5.93. The standard InChI is InChI=1S/C16H20N4O/c1-10-7-13(16(18)21)9-15(19-10)20(3)11(2)12-5-4-6-14(17)8-12/h4-9,11H,17H2,1-3H3,(H2,18,21). The topological polar surface area (TPSA) is 85.2 Å². The lowest BCUT2D eigenvalue weighted by Gasteiger charge is -2.27. The summed E-state index contributed by atoms with van der Waals surface area (Å²) < 4.78 is 0. The van der Waals surface area contributed by atoms with Crippen molar-refractivity contribution in [2.24, 2.45) is 5.73 Å². The van der Waals surface area contributed by atoms with E-state index in [0.29, 0.717) is 11.4 Å². The second-order valence-corrected chi connectivity index (χ2v) is 5.18. The van der Waals surface area contributed by atoms with Gasteiger partial charge in [-0.05, 0) is 43.7 Å². The number of pyridine rings is 1. The number of carbonyl (C=O) groups is 1. The van der Waals surface area contributed by atoms with Gasteiger partial charge in [-0.2, -0.15) is 0 Å². The van der Waals surface area contributed by atoms with Gasteiger partial charge in [0, 0.05) is 24.0 Å². The number of amides is 1. The van der Waals surface area contributed by atoms with Crippen LogP contribution < -0.4 is 16.4 Å². The highest BCUT2D eigenvalue weighted by Gasteiger charge is 2.15. The molecule has 1 amide bonds. The summed E-state index contributed by atoms with van der Waals surface area (Å²) >= 11 is 0. The van der Waals surface area contributed by atoms with Crippen LogP contribution in [0.25, 0.3) is 0 Å². The number of nitrogens with zero attached hydrogens (tertiary/aromatic N) is 2. The first kappa shape index (κ1) is 14.8. The Kier molecular flexibility index (Phi) is 4.12. The molecule has 0 fully saturated rings. The molecule has 21 heavy (non-hydrogen) atoms. The third kappa shape index (κ3) is 3.31. The number of aromatic nitrogens is 1. The monoisotopic (exact) mass is 284 g/mol. The molecular formula is C16H20N4O. The molecule has 0 aliphatic heterocycles. The summed E-state index contributed by atoms with van der Waals surface area (Å²) in [6.07, 6.45) is 0. The summed E-state index contributed by atoms with van der Waals surface area (Å²) in [7, 11) is 1.93. The summed E-state index contributed by atoms with van der Waals surface area (Å²) in [5, 5.41) is 0. The first-order chi connectivity index (χ1) is 9.88. The van der Waals surface area contributed by atoms with Crippen LogP contribution in [0.5, 0.6) is 0 Å². The minimum Gasteiger partial charge on any atom is -0.399 e. The maximum atomic E-state index is 11.4. The summed E-state index contributed by atoms with van der Waals surface area (Å²) in [6, 6.07) is 11.2. The Labute approximate surface area is 124 Å². The van der Waals surface area contributed by atoms with Gasteiger partial charge in [0.05, 0.1) is 6.04 Å². The Morgan fingerprint density at radius 3 is 2.62 bits per heavy atom. The number of aryl methyl sites for hydroxylation is 1. The fourth-order valence-electron chi connectivity index (χ4n) is 2.21. The molecule has 0 aliphatic rings. The minimum absolute atomic E-state index is 0.0727. The van der Waals surface area contributed by atoms with Crippen molar-refractivity contribution in [2.75, 3.05) is 17.7 Å². The van der Waals surface area contributed by atoms with E-state index < -0.39 is 5.91 Å². The van der Waals surface area contributed by atoms with Gasteiger partial charge in [-0.3, -0.25) is 4.79 Å². The molecule has 1 unspecified atom stereocenters. The first-order valence-corrected chi connectivity index (χ1v) is 6.75. The van der Waals surface area contributed by atoms with Crippen molar-refractivity contribution in [1.82, 2.24) is 4.98 Å². The molecule has 1 aromatic carbocycles. The molecule has 2 aromatic rings. The number of hydrogen-bond donors (Lipinski definition) is 2. The number of primary amides is 1. The predicted octanol–water partition coefficient (Wildman–Crippen LogP) is 2.27. The van der Waals surface area contributed by atoms with Crippen LogP contribution in [-0.4, -0.2) is 17.9 Å². The first-order valence-electron chi connectivity index (χ1n) is 6.75. The molecule has 0 bridgehead atoms. The average Bonchev–Trinajstić information content (AvgIpc) is 2.45. The molecule has 4 N–H and O–H groups in total. The van der Waals surface area contributed by atoms with Gasteiger partial charge in [0.15, 0.2) is 0 Å². The van der Waals surface area contributed by atoms with Crippen LogP contribution in [-0.2, 0) is 0 Å². The number of benzene rings is 1. The van der Waals surface area contributed by atoms with Crippen molar-refractivity contribution in [3.8, 4) is 0 Å². The van der Waals surface area contributed by atoms with Crippen molar-refractivity contribution in [3.05, 3.63) is 53.2 Å². The molecule has 1 aromatic heterocycles. The zero-order valence-corrected chi connectivity index (χ0v) is 12.5. The Bertz CT molecular complexity index is 669. The Morgan fingerprint density at radius 1 is 1.29 bits per heavy atom. The normalized spacial score (nSPS) is 12.0. The quantitative estimate of drug-likeness (QED) is 0.843. The molecule has 0 spiro atoms. The summed E-state index contributed by atoms with van der Waals surface area (Å²) in [5.74, 6) is 0.255. The number of rotatable bonds is 4. The highest BCUT2D eigenvalue weighted by Crippen LogP contribution is 2.25. The Hall–Kier alpha value is -2.56. The van der Waals surface area contributed by atoms with Crippen molar-refractivity contribution in [1.29, 1.82) is 0 Å². The van der Waals surface area contributed by atoms with Crippen LogP contribution in [0.2, 0.25) is 0 Å². The SMILES string of the molecule is Cc1cc(C(N)=O)cc(N(C)C(C)c2cccc(N)c2)n1. The third-order valence-electron chi connectivity index (χ3n) is 3.56. The average molecular weight is 284 g/mol. The van der Waals surface area contributed by atoms with Gasteiger partial charge in [0.2, 0.25) is 5.91 Å². The summed E-state index contributed by atoms with van der Waals surface area (Å²) in [4.78, 5) is 17.8. The molecule has 0 aliphatic carbocycles. The smallest absolute Gasteiger partial charge is 0.248 e. The van der Waals surface area contributed by atoms with Gasteiger partial charge in [-0.15, -0.1) is 0 Å². The highest BCUT2D eigenvalue weighted by atomic mass is 16.1. The van der Waals surface area contributed by atoms with Crippen LogP contribution in [0, 0.1) is 6.92 Å². The third-order valence-corrected chi connectivity index (χ3v) is 3.56. The largest absolute Gasteiger partial charge is 0.399 e. The second-order valence-electron chi connectivity index (χ2n) is 5.18.